The van der Waals surface area contributed by atoms with Gasteiger partial charge in [-0.1, -0.05) is 11.6 Å². The molecule has 0 aliphatic heterocycles. The van der Waals surface area contributed by atoms with Crippen molar-refractivity contribution in [3.63, 3.8) is 0 Å². The first-order valence-corrected chi connectivity index (χ1v) is 12.2. The summed E-state index contributed by atoms with van der Waals surface area (Å²) in [5, 5.41) is 4.34. The Kier molecular flexibility index (Phi) is 7.42. The number of aromatic amines is 1. The first-order chi connectivity index (χ1) is 16.9. The number of thioether (sulfide) groups is 1. The van der Waals surface area contributed by atoms with E-state index in [2.05, 4.69) is 10.3 Å². The summed E-state index contributed by atoms with van der Waals surface area (Å²) in [6.07, 6.45) is 3.58. The molecule has 0 fully saturated rings. The molecule has 4 aromatic rings. The van der Waals surface area contributed by atoms with E-state index in [0.29, 0.717) is 44.2 Å². The second-order valence-corrected chi connectivity index (χ2v) is 8.95. The van der Waals surface area contributed by atoms with E-state index >= 15 is 0 Å². The number of carbonyl (C=O) groups is 1. The molecule has 1 unspecified atom stereocenters. The van der Waals surface area contributed by atoms with Crippen LogP contribution in [0.25, 0.3) is 10.9 Å². The molecule has 182 valence electrons. The van der Waals surface area contributed by atoms with Crippen molar-refractivity contribution in [1.29, 1.82) is 0 Å². The Hall–Kier alpha value is -3.36. The van der Waals surface area contributed by atoms with Crippen LogP contribution in [0.4, 0.5) is 10.1 Å². The number of Topliss-reactive ketones (excluding diaryl/α,β-unsaturated/α-hetero) is 1. The van der Waals surface area contributed by atoms with Crippen LogP contribution < -0.4 is 19.5 Å². The monoisotopic (exact) mass is 514 g/mol. The zero-order chi connectivity index (χ0) is 25.1. The van der Waals surface area contributed by atoms with Crippen molar-refractivity contribution in [3.05, 3.63) is 76.7 Å². The van der Waals surface area contributed by atoms with E-state index in [9.17, 15) is 9.18 Å². The zero-order valence-corrected chi connectivity index (χ0v) is 21.1. The number of rotatable bonds is 9. The number of anilines is 1. The first kappa shape index (κ1) is 24.8. The lowest BCUT2D eigenvalue weighted by molar-refractivity contribution is 0.0970. The van der Waals surface area contributed by atoms with Crippen LogP contribution in [0.2, 0.25) is 5.02 Å². The summed E-state index contributed by atoms with van der Waals surface area (Å²) in [7, 11) is 4.55. The molecule has 1 atom stereocenters. The Morgan fingerprint density at radius 2 is 1.80 bits per heavy atom. The Morgan fingerprint density at radius 3 is 2.49 bits per heavy atom. The Labute approximate surface area is 211 Å². The number of H-pyrrole nitrogens is 1. The van der Waals surface area contributed by atoms with Gasteiger partial charge >= 0.3 is 0 Å². The lowest BCUT2D eigenvalue weighted by atomic mass is 9.95. The molecule has 3 aromatic carbocycles. The molecular formula is C26H24ClFN2O4S. The predicted molar refractivity (Wildman–Crippen MR) is 138 cm³/mol. The Balaban J connectivity index is 1.85. The highest BCUT2D eigenvalue weighted by Gasteiger charge is 2.28. The summed E-state index contributed by atoms with van der Waals surface area (Å²) in [6, 6.07) is 12.3. The molecule has 4 rings (SSSR count). The maximum atomic E-state index is 14.0. The minimum absolute atomic E-state index is 0.253. The van der Waals surface area contributed by atoms with Crippen LogP contribution in [0, 0.1) is 5.82 Å². The fraction of sp³-hybridized carbons (Fsp3) is 0.192. The number of carbonyl (C=O) groups excluding carboxylic acids is 1. The fourth-order valence-electron chi connectivity index (χ4n) is 3.90. The third kappa shape index (κ3) is 5.04. The third-order valence-electron chi connectivity index (χ3n) is 5.65. The van der Waals surface area contributed by atoms with E-state index in [1.54, 1.807) is 49.3 Å². The Bertz CT molecular complexity index is 1370. The van der Waals surface area contributed by atoms with Crippen molar-refractivity contribution in [1.82, 2.24) is 4.98 Å². The molecule has 0 spiro atoms. The summed E-state index contributed by atoms with van der Waals surface area (Å²) < 4.78 is 30.1. The summed E-state index contributed by atoms with van der Waals surface area (Å²) in [4.78, 5) is 18.1. The quantitative estimate of drug-likeness (QED) is 0.190. The largest absolute Gasteiger partial charge is 0.497 e. The van der Waals surface area contributed by atoms with Gasteiger partial charge in [0, 0.05) is 57.0 Å². The zero-order valence-electron chi connectivity index (χ0n) is 19.6. The van der Waals surface area contributed by atoms with E-state index < -0.39 is 11.9 Å². The van der Waals surface area contributed by atoms with E-state index in [4.69, 9.17) is 25.8 Å². The van der Waals surface area contributed by atoms with Gasteiger partial charge in [0.05, 0.1) is 26.4 Å². The second-order valence-electron chi connectivity index (χ2n) is 7.66. The molecule has 35 heavy (non-hydrogen) atoms. The van der Waals surface area contributed by atoms with Gasteiger partial charge in [0.2, 0.25) is 0 Å². The second kappa shape index (κ2) is 10.5. The van der Waals surface area contributed by atoms with Gasteiger partial charge in [-0.25, -0.2) is 4.39 Å². The first-order valence-electron chi connectivity index (χ1n) is 10.6. The van der Waals surface area contributed by atoms with E-state index in [0.717, 1.165) is 4.90 Å². The smallest absolute Gasteiger partial charge is 0.191 e. The van der Waals surface area contributed by atoms with Gasteiger partial charge in [0.15, 0.2) is 5.78 Å². The number of nitrogens with one attached hydrogen (secondary N) is 2. The number of fused-ring (bicyclic) bond motifs is 1. The van der Waals surface area contributed by atoms with Crippen LogP contribution in [0.3, 0.4) is 0 Å². The molecule has 0 saturated heterocycles. The summed E-state index contributed by atoms with van der Waals surface area (Å²) in [6.45, 7) is 0. The van der Waals surface area contributed by atoms with Crippen molar-refractivity contribution in [2.75, 3.05) is 32.9 Å². The number of aromatic nitrogens is 1. The summed E-state index contributed by atoms with van der Waals surface area (Å²) in [5.74, 6) is 0.673. The highest BCUT2D eigenvalue weighted by Crippen LogP contribution is 2.37. The molecule has 0 radical (unpaired) electrons. The number of hydrogen-bond donors (Lipinski definition) is 2. The van der Waals surface area contributed by atoms with Gasteiger partial charge in [0.1, 0.15) is 29.1 Å². The van der Waals surface area contributed by atoms with E-state index in [1.807, 2.05) is 18.4 Å². The Morgan fingerprint density at radius 1 is 1.03 bits per heavy atom. The number of halogens is 2. The standard InChI is InChI=1S/C26H24ClFN2O4S/c1-32-16-8-15(9-17(10-16)35-4)30-25(18-6-5-14(28)7-23(18)33-2)26(31)20-13-29-22-12-24(34-3)21(27)11-19(20)22/h5-13,25,29-30H,1-4H3. The van der Waals surface area contributed by atoms with Crippen molar-refractivity contribution in [2.45, 2.75) is 10.9 Å². The number of hydrogen-bond acceptors (Lipinski definition) is 6. The van der Waals surface area contributed by atoms with Crippen molar-refractivity contribution >= 4 is 45.7 Å². The van der Waals surface area contributed by atoms with E-state index in [-0.39, 0.29) is 11.5 Å². The molecule has 2 N–H and O–H groups in total. The maximum Gasteiger partial charge on any atom is 0.191 e. The number of benzene rings is 3. The van der Waals surface area contributed by atoms with Crippen LogP contribution in [0.15, 0.2) is 59.6 Å². The lowest BCUT2D eigenvalue weighted by Gasteiger charge is -2.22. The molecule has 0 aliphatic rings. The third-order valence-corrected chi connectivity index (χ3v) is 6.65. The molecule has 1 aromatic heterocycles. The van der Waals surface area contributed by atoms with Gasteiger partial charge in [-0.2, -0.15) is 0 Å². The van der Waals surface area contributed by atoms with Crippen LogP contribution >= 0.6 is 23.4 Å². The van der Waals surface area contributed by atoms with Gasteiger partial charge in [0.25, 0.3) is 0 Å². The highest BCUT2D eigenvalue weighted by molar-refractivity contribution is 7.98. The average Bonchev–Trinajstić information content (AvgIpc) is 3.28. The molecule has 1 heterocycles. The highest BCUT2D eigenvalue weighted by atomic mass is 35.5. The van der Waals surface area contributed by atoms with Gasteiger partial charge in [-0.05, 0) is 36.6 Å². The van der Waals surface area contributed by atoms with Crippen LogP contribution in [-0.2, 0) is 0 Å². The minimum Gasteiger partial charge on any atom is -0.497 e. The van der Waals surface area contributed by atoms with Crippen LogP contribution in [-0.4, -0.2) is 38.4 Å². The lowest BCUT2D eigenvalue weighted by Crippen LogP contribution is -2.22. The molecular weight excluding hydrogens is 491 g/mol. The summed E-state index contributed by atoms with van der Waals surface area (Å²) in [5.41, 5.74) is 2.27. The topological polar surface area (TPSA) is 72.6 Å². The number of ketones is 1. The molecule has 0 saturated carbocycles. The molecule has 6 nitrogen and oxygen atoms in total. The molecule has 9 heteroatoms. The van der Waals surface area contributed by atoms with Gasteiger partial charge in [-0.3, -0.25) is 4.79 Å². The molecule has 0 amide bonds. The SMILES string of the molecule is COc1cc(NC(C(=O)c2c[nH]c3cc(OC)c(Cl)cc23)c2ccc(F)cc2OC)cc(SC)c1. The predicted octanol–water partition coefficient (Wildman–Crippen LogP) is 6.74. The average molecular weight is 515 g/mol. The van der Waals surface area contributed by atoms with Crippen LogP contribution in [0.5, 0.6) is 17.2 Å². The molecule has 0 aliphatic carbocycles. The summed E-state index contributed by atoms with van der Waals surface area (Å²) >= 11 is 7.90. The van der Waals surface area contributed by atoms with Gasteiger partial charge < -0.3 is 24.5 Å². The maximum absolute atomic E-state index is 14.0. The number of methoxy groups -OCH3 is 3. The fourth-order valence-corrected chi connectivity index (χ4v) is 4.62. The van der Waals surface area contributed by atoms with Gasteiger partial charge in [-0.15, -0.1) is 11.8 Å². The normalized spacial score (nSPS) is 11.8. The van der Waals surface area contributed by atoms with Crippen molar-refractivity contribution in [2.24, 2.45) is 0 Å². The van der Waals surface area contributed by atoms with Crippen molar-refractivity contribution in [3.8, 4) is 17.2 Å². The molecule has 0 bridgehead atoms. The number of ether oxygens (including phenoxy) is 3. The van der Waals surface area contributed by atoms with Crippen molar-refractivity contribution < 1.29 is 23.4 Å². The van der Waals surface area contributed by atoms with E-state index in [1.165, 1.54) is 26.4 Å². The van der Waals surface area contributed by atoms with Crippen LogP contribution in [0.1, 0.15) is 22.0 Å². The minimum atomic E-state index is -0.896.